The molecule has 0 aromatic heterocycles. The van der Waals surface area contributed by atoms with Crippen molar-refractivity contribution in [1.29, 1.82) is 0 Å². The molecule has 2 atom stereocenters. The molecule has 6 nitrogen and oxygen atoms in total. The van der Waals surface area contributed by atoms with Crippen LogP contribution < -0.4 is 0 Å². The lowest BCUT2D eigenvalue weighted by atomic mass is 10.1. The third-order valence-electron chi connectivity index (χ3n) is 4.94. The van der Waals surface area contributed by atoms with Gasteiger partial charge in [-0.2, -0.15) is 0 Å². The lowest BCUT2D eigenvalue weighted by molar-refractivity contribution is -0.148. The van der Waals surface area contributed by atoms with Crippen LogP contribution in [0.1, 0.15) is 90.9 Å². The van der Waals surface area contributed by atoms with Gasteiger partial charge in [-0.1, -0.05) is 78.1 Å². The number of esters is 1. The molecule has 0 saturated carbocycles. The van der Waals surface area contributed by atoms with Gasteiger partial charge in [-0.3, -0.25) is 0 Å². The molecule has 28 heavy (non-hydrogen) atoms. The van der Waals surface area contributed by atoms with Gasteiger partial charge >= 0.3 is 5.97 Å². The Labute approximate surface area is 170 Å². The van der Waals surface area contributed by atoms with Crippen molar-refractivity contribution < 1.29 is 29.2 Å². The SMILES string of the molecule is CCCCCCCCOC1=C(OCCCCCCCC)[C@@H]([C@@H](O)CO)OC1=O. The van der Waals surface area contributed by atoms with Crippen LogP contribution in [0.25, 0.3) is 0 Å². The Morgan fingerprint density at radius 1 is 0.857 bits per heavy atom. The topological polar surface area (TPSA) is 85.2 Å². The molecule has 1 rings (SSSR count). The third kappa shape index (κ3) is 9.28. The van der Waals surface area contributed by atoms with E-state index in [4.69, 9.17) is 14.2 Å². The number of ether oxygens (including phenoxy) is 3. The van der Waals surface area contributed by atoms with Crippen LogP contribution >= 0.6 is 0 Å². The lowest BCUT2D eigenvalue weighted by Crippen LogP contribution is -2.32. The van der Waals surface area contributed by atoms with Crippen molar-refractivity contribution in [2.75, 3.05) is 19.8 Å². The Balaban J connectivity index is 2.49. The maximum absolute atomic E-state index is 12.1. The second-order valence-corrected chi connectivity index (χ2v) is 7.50. The van der Waals surface area contributed by atoms with Gasteiger partial charge in [0.15, 0.2) is 11.9 Å². The first-order valence-electron chi connectivity index (χ1n) is 11.1. The van der Waals surface area contributed by atoms with E-state index < -0.39 is 24.8 Å². The van der Waals surface area contributed by atoms with Gasteiger partial charge in [0, 0.05) is 0 Å². The first-order chi connectivity index (χ1) is 13.7. The summed E-state index contributed by atoms with van der Waals surface area (Å²) in [6.07, 6.45) is 11.3. The van der Waals surface area contributed by atoms with Crippen LogP contribution in [0.3, 0.4) is 0 Å². The van der Waals surface area contributed by atoms with Crippen molar-refractivity contribution >= 4 is 5.97 Å². The highest BCUT2D eigenvalue weighted by Gasteiger charge is 2.41. The molecule has 1 aliphatic rings. The number of carbonyl (C=O) groups excluding carboxylic acids is 1. The van der Waals surface area contributed by atoms with Crippen molar-refractivity contribution in [2.24, 2.45) is 0 Å². The predicted molar refractivity (Wildman–Crippen MR) is 109 cm³/mol. The second-order valence-electron chi connectivity index (χ2n) is 7.50. The summed E-state index contributed by atoms with van der Waals surface area (Å²) in [7, 11) is 0. The zero-order chi connectivity index (χ0) is 20.6. The van der Waals surface area contributed by atoms with Crippen LogP contribution in [0.2, 0.25) is 0 Å². The van der Waals surface area contributed by atoms with E-state index >= 15 is 0 Å². The number of hydrogen-bond donors (Lipinski definition) is 2. The molecule has 0 aromatic rings. The highest BCUT2D eigenvalue weighted by Crippen LogP contribution is 2.28. The molecule has 0 bridgehead atoms. The zero-order valence-corrected chi connectivity index (χ0v) is 17.8. The normalized spacial score (nSPS) is 17.7. The maximum atomic E-state index is 12.1. The molecule has 1 aliphatic heterocycles. The molecule has 0 spiro atoms. The molecule has 6 heteroatoms. The molecule has 0 radical (unpaired) electrons. The molecule has 1 heterocycles. The molecule has 164 valence electrons. The maximum Gasteiger partial charge on any atom is 0.378 e. The fraction of sp³-hybridized carbons (Fsp3) is 0.864. The molecule has 0 unspecified atom stereocenters. The number of hydrogen-bond acceptors (Lipinski definition) is 6. The lowest BCUT2D eigenvalue weighted by Gasteiger charge is -2.18. The van der Waals surface area contributed by atoms with E-state index in [9.17, 15) is 15.0 Å². The Morgan fingerprint density at radius 2 is 1.36 bits per heavy atom. The average molecular weight is 401 g/mol. The summed E-state index contributed by atoms with van der Waals surface area (Å²) in [5, 5.41) is 19.2. The van der Waals surface area contributed by atoms with Crippen molar-refractivity contribution in [3.8, 4) is 0 Å². The van der Waals surface area contributed by atoms with Gasteiger partial charge in [0.2, 0.25) is 5.76 Å². The van der Waals surface area contributed by atoms with E-state index in [2.05, 4.69) is 13.8 Å². The molecule has 0 aromatic carbocycles. The van der Waals surface area contributed by atoms with E-state index in [-0.39, 0.29) is 11.5 Å². The molecule has 2 N–H and O–H groups in total. The van der Waals surface area contributed by atoms with Crippen LogP contribution in [-0.4, -0.2) is 48.2 Å². The number of aliphatic hydroxyl groups is 2. The predicted octanol–water partition coefficient (Wildman–Crippen LogP) is 4.23. The Bertz CT molecular complexity index is 448. The van der Waals surface area contributed by atoms with Crippen LogP contribution in [0.15, 0.2) is 11.5 Å². The van der Waals surface area contributed by atoms with Gasteiger partial charge in [0.05, 0.1) is 19.8 Å². The van der Waals surface area contributed by atoms with E-state index in [0.29, 0.717) is 13.2 Å². The fourth-order valence-corrected chi connectivity index (χ4v) is 3.20. The summed E-state index contributed by atoms with van der Waals surface area (Å²) in [5.74, 6) is -0.343. The summed E-state index contributed by atoms with van der Waals surface area (Å²) in [6.45, 7) is 4.73. The first kappa shape index (κ1) is 24.8. The highest BCUT2D eigenvalue weighted by atomic mass is 16.6. The minimum Gasteiger partial charge on any atom is -0.490 e. The quantitative estimate of drug-likeness (QED) is 0.264. The third-order valence-corrected chi connectivity index (χ3v) is 4.94. The number of unbranched alkanes of at least 4 members (excludes halogenated alkanes) is 10. The van der Waals surface area contributed by atoms with Crippen molar-refractivity contribution in [3.05, 3.63) is 11.5 Å². The smallest absolute Gasteiger partial charge is 0.378 e. The number of aliphatic hydroxyl groups excluding tert-OH is 2. The molecular formula is C22H40O6. The van der Waals surface area contributed by atoms with Gasteiger partial charge in [0.1, 0.15) is 6.10 Å². The molecule has 0 saturated heterocycles. The van der Waals surface area contributed by atoms with E-state index in [1.807, 2.05) is 0 Å². The van der Waals surface area contributed by atoms with Gasteiger partial charge in [-0.25, -0.2) is 4.79 Å². The summed E-state index contributed by atoms with van der Waals surface area (Å²) >= 11 is 0. The second kappa shape index (κ2) is 15.6. The minimum atomic E-state index is -1.21. The van der Waals surface area contributed by atoms with E-state index in [1.54, 1.807) is 0 Å². The van der Waals surface area contributed by atoms with Gasteiger partial charge in [-0.05, 0) is 12.8 Å². The summed E-state index contributed by atoms with van der Waals surface area (Å²) < 4.78 is 16.6. The number of rotatable bonds is 18. The van der Waals surface area contributed by atoms with Gasteiger partial charge in [0.25, 0.3) is 0 Å². The molecule has 0 fully saturated rings. The Hall–Kier alpha value is -1.27. The highest BCUT2D eigenvalue weighted by molar-refractivity contribution is 5.89. The Morgan fingerprint density at radius 3 is 1.89 bits per heavy atom. The average Bonchev–Trinajstić information content (AvgIpc) is 3.01. The first-order valence-corrected chi connectivity index (χ1v) is 11.1. The molecule has 0 amide bonds. The van der Waals surface area contributed by atoms with Gasteiger partial charge in [-0.15, -0.1) is 0 Å². The summed E-state index contributed by atoms with van der Waals surface area (Å²) in [4.78, 5) is 12.1. The molecular weight excluding hydrogens is 360 g/mol. The summed E-state index contributed by atoms with van der Waals surface area (Å²) in [5.41, 5.74) is 0. The monoisotopic (exact) mass is 400 g/mol. The van der Waals surface area contributed by atoms with Crippen LogP contribution in [0, 0.1) is 0 Å². The van der Waals surface area contributed by atoms with Crippen molar-refractivity contribution in [1.82, 2.24) is 0 Å². The number of carbonyl (C=O) groups is 1. The van der Waals surface area contributed by atoms with Crippen molar-refractivity contribution in [2.45, 2.75) is 103 Å². The van der Waals surface area contributed by atoms with Crippen molar-refractivity contribution in [3.63, 3.8) is 0 Å². The van der Waals surface area contributed by atoms with E-state index in [0.717, 1.165) is 38.5 Å². The Kier molecular flexibility index (Phi) is 13.8. The standard InChI is InChI=1S/C22H40O6/c1-3-5-7-9-11-13-15-26-20-19(18(24)17-23)28-22(25)21(20)27-16-14-12-10-8-6-4-2/h18-19,23-24H,3-17H2,1-2H3/t18-,19+/m0/s1. The van der Waals surface area contributed by atoms with E-state index in [1.165, 1.54) is 38.5 Å². The van der Waals surface area contributed by atoms with Crippen LogP contribution in [-0.2, 0) is 19.0 Å². The summed E-state index contributed by atoms with van der Waals surface area (Å²) in [6, 6.07) is 0. The van der Waals surface area contributed by atoms with Crippen LogP contribution in [0.4, 0.5) is 0 Å². The zero-order valence-electron chi connectivity index (χ0n) is 17.8. The molecule has 0 aliphatic carbocycles. The largest absolute Gasteiger partial charge is 0.490 e. The minimum absolute atomic E-state index is 0.0528. The van der Waals surface area contributed by atoms with Gasteiger partial charge < -0.3 is 24.4 Å². The fourth-order valence-electron chi connectivity index (χ4n) is 3.20. The number of cyclic esters (lactones) is 1. The van der Waals surface area contributed by atoms with Crippen LogP contribution in [0.5, 0.6) is 0 Å².